The van der Waals surface area contributed by atoms with Crippen LogP contribution in [0.2, 0.25) is 5.02 Å². The smallest absolute Gasteiger partial charge is 0.343 e. The molecule has 2 aliphatic rings. The first-order valence-corrected chi connectivity index (χ1v) is 6.65. The lowest BCUT2D eigenvalue weighted by atomic mass is 10.1. The minimum atomic E-state index is -0.391. The molecule has 4 nitrogen and oxygen atoms in total. The molecule has 3 rings (SSSR count). The van der Waals surface area contributed by atoms with Gasteiger partial charge < -0.3 is 15.4 Å². The SMILES string of the molecule is CC1CC2=C(C(=O)O1)C(=S)Nc1ccc(Cl)cc1N2. The van der Waals surface area contributed by atoms with Crippen LogP contribution in [0.1, 0.15) is 13.3 Å². The van der Waals surface area contributed by atoms with E-state index in [9.17, 15) is 4.79 Å². The highest BCUT2D eigenvalue weighted by atomic mass is 35.5. The Balaban J connectivity index is 2.10. The Hall–Kier alpha value is -1.59. The van der Waals surface area contributed by atoms with Gasteiger partial charge in [0.15, 0.2) is 0 Å². The summed E-state index contributed by atoms with van der Waals surface area (Å²) in [6.07, 6.45) is 0.441. The predicted octanol–water partition coefficient (Wildman–Crippen LogP) is 3.09. The molecule has 0 aliphatic carbocycles. The van der Waals surface area contributed by atoms with E-state index >= 15 is 0 Å². The number of carbonyl (C=O) groups excluding carboxylic acids is 1. The number of esters is 1. The van der Waals surface area contributed by atoms with Gasteiger partial charge in [0.1, 0.15) is 16.7 Å². The van der Waals surface area contributed by atoms with Crippen molar-refractivity contribution in [2.45, 2.75) is 19.4 Å². The van der Waals surface area contributed by atoms with Crippen molar-refractivity contribution >= 4 is 46.2 Å². The lowest BCUT2D eigenvalue weighted by Crippen LogP contribution is -2.30. The van der Waals surface area contributed by atoms with Gasteiger partial charge in [-0.3, -0.25) is 0 Å². The molecule has 0 saturated carbocycles. The number of fused-ring (bicyclic) bond motifs is 1. The number of rotatable bonds is 0. The van der Waals surface area contributed by atoms with E-state index in [0.29, 0.717) is 22.0 Å². The molecule has 19 heavy (non-hydrogen) atoms. The van der Waals surface area contributed by atoms with Crippen molar-refractivity contribution in [1.82, 2.24) is 0 Å². The number of carbonyl (C=O) groups is 1. The van der Waals surface area contributed by atoms with Gasteiger partial charge in [-0.25, -0.2) is 4.79 Å². The number of hydrogen-bond donors (Lipinski definition) is 2. The Bertz CT molecular complexity index is 627. The molecule has 2 heterocycles. The van der Waals surface area contributed by atoms with E-state index in [0.717, 1.165) is 17.1 Å². The number of nitrogens with one attached hydrogen (secondary N) is 2. The Morgan fingerprint density at radius 2 is 2.16 bits per heavy atom. The van der Waals surface area contributed by atoms with Crippen LogP contribution in [0.15, 0.2) is 29.5 Å². The zero-order valence-electron chi connectivity index (χ0n) is 10.1. The second kappa shape index (κ2) is 4.51. The van der Waals surface area contributed by atoms with Gasteiger partial charge in [-0.15, -0.1) is 0 Å². The van der Waals surface area contributed by atoms with Crippen molar-refractivity contribution in [3.05, 3.63) is 34.5 Å². The highest BCUT2D eigenvalue weighted by Gasteiger charge is 2.32. The molecular formula is C13H11ClN2O2S. The first-order chi connectivity index (χ1) is 9.04. The third kappa shape index (κ3) is 2.19. The second-order valence-electron chi connectivity index (χ2n) is 4.54. The maximum absolute atomic E-state index is 11.9. The fraction of sp³-hybridized carbons (Fsp3) is 0.231. The van der Waals surface area contributed by atoms with Crippen molar-refractivity contribution in [2.75, 3.05) is 10.6 Å². The van der Waals surface area contributed by atoms with Crippen molar-refractivity contribution in [3.63, 3.8) is 0 Å². The summed E-state index contributed by atoms with van der Waals surface area (Å²) in [5.41, 5.74) is 2.79. The maximum atomic E-state index is 11.9. The van der Waals surface area contributed by atoms with Gasteiger partial charge >= 0.3 is 5.97 Å². The van der Waals surface area contributed by atoms with Crippen LogP contribution in [0.25, 0.3) is 0 Å². The summed E-state index contributed by atoms with van der Waals surface area (Å²) in [6, 6.07) is 5.39. The third-order valence-electron chi connectivity index (χ3n) is 3.05. The van der Waals surface area contributed by atoms with Crippen LogP contribution in [-0.4, -0.2) is 17.1 Å². The maximum Gasteiger partial charge on any atom is 0.343 e. The van der Waals surface area contributed by atoms with Crippen molar-refractivity contribution < 1.29 is 9.53 Å². The molecule has 0 fully saturated rings. The summed E-state index contributed by atoms with van der Waals surface area (Å²) in [5.74, 6) is -0.391. The van der Waals surface area contributed by atoms with Crippen molar-refractivity contribution in [2.24, 2.45) is 0 Å². The standard InChI is InChI=1S/C13H11ClN2O2S/c1-6-4-10-11(13(17)18-6)12(19)16-8-3-2-7(14)5-9(8)15-10/h2-3,5-6,15H,4H2,1H3,(H,16,19). The van der Waals surface area contributed by atoms with Gasteiger partial charge in [0, 0.05) is 17.1 Å². The number of halogens is 1. The van der Waals surface area contributed by atoms with Crippen molar-refractivity contribution in [1.29, 1.82) is 0 Å². The van der Waals surface area contributed by atoms with Crippen LogP contribution in [0, 0.1) is 0 Å². The fourth-order valence-corrected chi connectivity index (χ4v) is 2.70. The van der Waals surface area contributed by atoms with Crippen molar-refractivity contribution in [3.8, 4) is 0 Å². The minimum absolute atomic E-state index is 0.165. The van der Waals surface area contributed by atoms with Gasteiger partial charge in [0.25, 0.3) is 0 Å². The molecule has 1 aromatic carbocycles. The first kappa shape index (κ1) is 12.4. The van der Waals surface area contributed by atoms with E-state index in [-0.39, 0.29) is 6.10 Å². The van der Waals surface area contributed by atoms with E-state index in [1.54, 1.807) is 12.1 Å². The fourth-order valence-electron chi connectivity index (χ4n) is 2.22. The number of anilines is 2. The molecule has 0 bridgehead atoms. The van der Waals surface area contributed by atoms with Crippen LogP contribution >= 0.6 is 23.8 Å². The van der Waals surface area contributed by atoms with Gasteiger partial charge in [-0.1, -0.05) is 23.8 Å². The zero-order valence-corrected chi connectivity index (χ0v) is 11.7. The highest BCUT2D eigenvalue weighted by molar-refractivity contribution is 7.81. The van der Waals surface area contributed by atoms with Crippen LogP contribution in [0.5, 0.6) is 0 Å². The molecule has 0 spiro atoms. The van der Waals surface area contributed by atoms with Gasteiger partial charge in [-0.2, -0.15) is 0 Å². The van der Waals surface area contributed by atoms with Gasteiger partial charge in [-0.05, 0) is 25.1 Å². The Kier molecular flexibility index (Phi) is 2.95. The highest BCUT2D eigenvalue weighted by Crippen LogP contribution is 2.34. The molecule has 0 amide bonds. The van der Waals surface area contributed by atoms with E-state index in [2.05, 4.69) is 10.6 Å². The molecule has 0 saturated heterocycles. The lowest BCUT2D eigenvalue weighted by molar-refractivity contribution is -0.144. The molecule has 1 atom stereocenters. The van der Waals surface area contributed by atoms with Crippen LogP contribution in [0.4, 0.5) is 11.4 Å². The van der Waals surface area contributed by atoms with Crippen LogP contribution in [0.3, 0.4) is 0 Å². The number of ether oxygens (including phenoxy) is 1. The van der Waals surface area contributed by atoms with E-state index in [4.69, 9.17) is 28.6 Å². The quantitative estimate of drug-likeness (QED) is 0.569. The molecular weight excluding hydrogens is 284 g/mol. The molecule has 98 valence electrons. The normalized spacial score (nSPS) is 21.7. The molecule has 0 aromatic heterocycles. The Morgan fingerprint density at radius 1 is 1.37 bits per heavy atom. The second-order valence-corrected chi connectivity index (χ2v) is 5.39. The van der Waals surface area contributed by atoms with E-state index < -0.39 is 5.97 Å². The van der Waals surface area contributed by atoms with E-state index in [1.807, 2.05) is 13.0 Å². The molecule has 1 unspecified atom stereocenters. The largest absolute Gasteiger partial charge is 0.459 e. The number of benzene rings is 1. The topological polar surface area (TPSA) is 50.4 Å². The number of cyclic esters (lactones) is 1. The summed E-state index contributed by atoms with van der Waals surface area (Å²) in [7, 11) is 0. The summed E-state index contributed by atoms with van der Waals surface area (Å²) in [5, 5.41) is 6.90. The minimum Gasteiger partial charge on any atom is -0.459 e. The average molecular weight is 295 g/mol. The van der Waals surface area contributed by atoms with Gasteiger partial charge in [0.2, 0.25) is 0 Å². The Labute approximate surface area is 120 Å². The average Bonchev–Trinajstić information content (AvgIpc) is 2.44. The molecule has 2 aliphatic heterocycles. The predicted molar refractivity (Wildman–Crippen MR) is 78.5 cm³/mol. The molecule has 2 N–H and O–H groups in total. The van der Waals surface area contributed by atoms with Crippen LogP contribution in [-0.2, 0) is 9.53 Å². The summed E-state index contributed by atoms with van der Waals surface area (Å²) in [6.45, 7) is 1.85. The Morgan fingerprint density at radius 3 is 2.95 bits per heavy atom. The summed E-state index contributed by atoms with van der Waals surface area (Å²) >= 11 is 11.3. The van der Waals surface area contributed by atoms with Crippen LogP contribution < -0.4 is 10.6 Å². The lowest BCUT2D eigenvalue weighted by Gasteiger charge is -2.23. The monoisotopic (exact) mass is 294 g/mol. The summed E-state index contributed by atoms with van der Waals surface area (Å²) in [4.78, 5) is 12.3. The summed E-state index contributed by atoms with van der Waals surface area (Å²) < 4.78 is 5.21. The van der Waals surface area contributed by atoms with Gasteiger partial charge in [0.05, 0.1) is 11.4 Å². The first-order valence-electron chi connectivity index (χ1n) is 5.86. The van der Waals surface area contributed by atoms with E-state index in [1.165, 1.54) is 0 Å². The molecule has 1 aromatic rings. The molecule has 0 radical (unpaired) electrons. The molecule has 6 heteroatoms. The third-order valence-corrected chi connectivity index (χ3v) is 3.59. The zero-order chi connectivity index (χ0) is 13.6. The number of thiocarbonyl (C=S) groups is 1. The number of hydrogen-bond acceptors (Lipinski definition) is 4.